The fourth-order valence-electron chi connectivity index (χ4n) is 3.34. The van der Waals surface area contributed by atoms with Gasteiger partial charge in [-0.2, -0.15) is 0 Å². The second kappa shape index (κ2) is 8.05. The Morgan fingerprint density at radius 1 is 0.862 bits per heavy atom. The van der Waals surface area contributed by atoms with Gasteiger partial charge in [-0.1, -0.05) is 61.5 Å². The van der Waals surface area contributed by atoms with E-state index in [2.05, 4.69) is 17.2 Å². The van der Waals surface area contributed by atoms with Gasteiger partial charge in [-0.05, 0) is 41.8 Å². The third-order valence-electron chi connectivity index (χ3n) is 4.96. The van der Waals surface area contributed by atoms with Gasteiger partial charge in [0.2, 0.25) is 9.84 Å². The standard InChI is InChI=1S/C24H22N2O2S/c1-2-18-13-14-22-21(15-18)24(26-16-19-9-5-3-6-10-19)23(17-25-22)29(27,28)20-11-7-4-8-12-20/h3-15,17H,2,16H2,1H3,(H,25,26). The lowest BCUT2D eigenvalue weighted by Gasteiger charge is -2.16. The van der Waals surface area contributed by atoms with Crippen molar-refractivity contribution in [2.75, 3.05) is 5.32 Å². The molecule has 5 heteroatoms. The molecule has 0 amide bonds. The molecule has 0 bridgehead atoms. The van der Waals surface area contributed by atoms with E-state index in [0.29, 0.717) is 12.2 Å². The van der Waals surface area contributed by atoms with Crippen molar-refractivity contribution in [3.05, 3.63) is 96.2 Å². The molecule has 1 aromatic heterocycles. The molecule has 0 radical (unpaired) electrons. The molecule has 1 N–H and O–H groups in total. The summed E-state index contributed by atoms with van der Waals surface area (Å²) in [6, 6.07) is 24.4. The van der Waals surface area contributed by atoms with Crippen molar-refractivity contribution < 1.29 is 8.42 Å². The van der Waals surface area contributed by atoms with Crippen molar-refractivity contribution in [1.29, 1.82) is 0 Å². The highest BCUT2D eigenvalue weighted by Crippen LogP contribution is 2.34. The van der Waals surface area contributed by atoms with E-state index < -0.39 is 9.84 Å². The Kier molecular flexibility index (Phi) is 5.32. The van der Waals surface area contributed by atoms with Gasteiger partial charge >= 0.3 is 0 Å². The van der Waals surface area contributed by atoms with Crippen molar-refractivity contribution in [2.45, 2.75) is 29.7 Å². The van der Waals surface area contributed by atoms with Gasteiger partial charge < -0.3 is 5.32 Å². The van der Waals surface area contributed by atoms with Gasteiger partial charge in [-0.15, -0.1) is 0 Å². The third kappa shape index (κ3) is 3.87. The molecule has 0 aliphatic heterocycles. The van der Waals surface area contributed by atoms with Crippen molar-refractivity contribution in [3.8, 4) is 0 Å². The number of hydrogen-bond acceptors (Lipinski definition) is 4. The maximum atomic E-state index is 13.4. The average Bonchev–Trinajstić information content (AvgIpc) is 2.78. The van der Waals surface area contributed by atoms with E-state index in [1.807, 2.05) is 48.5 Å². The minimum Gasteiger partial charge on any atom is -0.379 e. The zero-order chi connectivity index (χ0) is 20.3. The average molecular weight is 403 g/mol. The number of aryl methyl sites for hydroxylation is 1. The fourth-order valence-corrected chi connectivity index (χ4v) is 4.75. The number of rotatable bonds is 6. The number of benzene rings is 3. The van der Waals surface area contributed by atoms with Gasteiger partial charge in [0.05, 0.1) is 16.1 Å². The Morgan fingerprint density at radius 3 is 2.24 bits per heavy atom. The molecule has 3 aromatic carbocycles. The highest BCUT2D eigenvalue weighted by molar-refractivity contribution is 7.91. The van der Waals surface area contributed by atoms with Crippen LogP contribution in [0, 0.1) is 0 Å². The van der Waals surface area contributed by atoms with Gasteiger partial charge in [-0.3, -0.25) is 4.98 Å². The van der Waals surface area contributed by atoms with Crippen LogP contribution in [-0.2, 0) is 22.8 Å². The van der Waals surface area contributed by atoms with E-state index >= 15 is 0 Å². The monoisotopic (exact) mass is 402 g/mol. The minimum atomic E-state index is -3.71. The number of pyridine rings is 1. The Labute approximate surface area is 171 Å². The van der Waals surface area contributed by atoms with Crippen LogP contribution in [-0.4, -0.2) is 13.4 Å². The van der Waals surface area contributed by atoms with Gasteiger partial charge in [0.25, 0.3) is 0 Å². The lowest BCUT2D eigenvalue weighted by atomic mass is 10.1. The van der Waals surface area contributed by atoms with E-state index in [9.17, 15) is 8.42 Å². The maximum Gasteiger partial charge on any atom is 0.210 e. The number of anilines is 1. The van der Waals surface area contributed by atoms with Crippen LogP contribution < -0.4 is 5.32 Å². The van der Waals surface area contributed by atoms with E-state index in [4.69, 9.17) is 0 Å². The molecule has 146 valence electrons. The quantitative estimate of drug-likeness (QED) is 0.479. The number of fused-ring (bicyclic) bond motifs is 1. The van der Waals surface area contributed by atoms with Crippen LogP contribution in [0.15, 0.2) is 94.9 Å². The first kappa shape index (κ1) is 19.2. The Morgan fingerprint density at radius 2 is 1.55 bits per heavy atom. The summed E-state index contributed by atoms with van der Waals surface area (Å²) in [5.74, 6) is 0. The minimum absolute atomic E-state index is 0.195. The second-order valence-electron chi connectivity index (χ2n) is 6.86. The topological polar surface area (TPSA) is 59.1 Å². The number of hydrogen-bond donors (Lipinski definition) is 1. The summed E-state index contributed by atoms with van der Waals surface area (Å²) in [7, 11) is -3.71. The normalized spacial score (nSPS) is 11.5. The summed E-state index contributed by atoms with van der Waals surface area (Å²) in [4.78, 5) is 4.90. The summed E-state index contributed by atoms with van der Waals surface area (Å²) in [6.45, 7) is 2.60. The Balaban J connectivity index is 1.89. The van der Waals surface area contributed by atoms with E-state index in [0.717, 1.165) is 28.5 Å². The highest BCUT2D eigenvalue weighted by Gasteiger charge is 2.23. The predicted molar refractivity (Wildman–Crippen MR) is 117 cm³/mol. The summed E-state index contributed by atoms with van der Waals surface area (Å²) in [6.07, 6.45) is 2.33. The molecule has 0 aliphatic rings. The van der Waals surface area contributed by atoms with Crippen LogP contribution in [0.4, 0.5) is 5.69 Å². The van der Waals surface area contributed by atoms with Crippen molar-refractivity contribution >= 4 is 26.4 Å². The molecule has 4 nitrogen and oxygen atoms in total. The molecule has 0 saturated carbocycles. The van der Waals surface area contributed by atoms with E-state index in [-0.39, 0.29) is 9.79 Å². The molecule has 4 rings (SSSR count). The predicted octanol–water partition coefficient (Wildman–Crippen LogP) is 5.24. The zero-order valence-corrected chi connectivity index (χ0v) is 17.0. The molecular weight excluding hydrogens is 380 g/mol. The summed E-state index contributed by atoms with van der Waals surface area (Å²) in [5.41, 5.74) is 3.58. The van der Waals surface area contributed by atoms with Crippen LogP contribution in [0.1, 0.15) is 18.1 Å². The SMILES string of the molecule is CCc1ccc2ncc(S(=O)(=O)c3ccccc3)c(NCc3ccccc3)c2c1. The Hall–Kier alpha value is -3.18. The van der Waals surface area contributed by atoms with E-state index in [1.54, 1.807) is 30.3 Å². The zero-order valence-electron chi connectivity index (χ0n) is 16.2. The van der Waals surface area contributed by atoms with Crippen LogP contribution in [0.3, 0.4) is 0 Å². The summed E-state index contributed by atoms with van der Waals surface area (Å²) >= 11 is 0. The highest BCUT2D eigenvalue weighted by atomic mass is 32.2. The molecule has 0 spiro atoms. The van der Waals surface area contributed by atoms with Crippen molar-refractivity contribution in [2.24, 2.45) is 0 Å². The number of nitrogens with zero attached hydrogens (tertiary/aromatic N) is 1. The Bertz CT molecular complexity index is 1240. The summed E-state index contributed by atoms with van der Waals surface area (Å²) in [5, 5.41) is 4.20. The fraction of sp³-hybridized carbons (Fsp3) is 0.125. The van der Waals surface area contributed by atoms with Gasteiger partial charge in [0.1, 0.15) is 4.90 Å². The second-order valence-corrected chi connectivity index (χ2v) is 8.78. The van der Waals surface area contributed by atoms with Crippen molar-refractivity contribution in [3.63, 3.8) is 0 Å². The van der Waals surface area contributed by atoms with Crippen molar-refractivity contribution in [1.82, 2.24) is 4.98 Å². The first-order chi connectivity index (χ1) is 14.1. The molecule has 0 atom stereocenters. The van der Waals surface area contributed by atoms with Gasteiger partial charge in [0, 0.05) is 18.1 Å². The number of aromatic nitrogens is 1. The first-order valence-corrected chi connectivity index (χ1v) is 11.1. The lowest BCUT2D eigenvalue weighted by Crippen LogP contribution is -2.09. The molecule has 0 saturated heterocycles. The van der Waals surface area contributed by atoms with E-state index in [1.165, 1.54) is 6.20 Å². The molecule has 4 aromatic rings. The maximum absolute atomic E-state index is 13.4. The van der Waals surface area contributed by atoms with Crippen LogP contribution in [0.5, 0.6) is 0 Å². The molecule has 0 unspecified atom stereocenters. The molecule has 1 heterocycles. The molecular formula is C24H22N2O2S. The van der Waals surface area contributed by atoms with Crippen LogP contribution in [0.25, 0.3) is 10.9 Å². The third-order valence-corrected chi connectivity index (χ3v) is 6.74. The van der Waals surface area contributed by atoms with Crippen LogP contribution >= 0.6 is 0 Å². The first-order valence-electron chi connectivity index (χ1n) is 9.59. The molecule has 0 aliphatic carbocycles. The smallest absolute Gasteiger partial charge is 0.210 e. The number of sulfone groups is 1. The van der Waals surface area contributed by atoms with Gasteiger partial charge in [0.15, 0.2) is 0 Å². The molecule has 29 heavy (non-hydrogen) atoms. The lowest BCUT2D eigenvalue weighted by molar-refractivity contribution is 0.596. The van der Waals surface area contributed by atoms with Crippen LogP contribution in [0.2, 0.25) is 0 Å². The molecule has 0 fully saturated rings. The van der Waals surface area contributed by atoms with Gasteiger partial charge in [-0.25, -0.2) is 8.42 Å². The summed E-state index contributed by atoms with van der Waals surface area (Å²) < 4.78 is 26.8. The largest absolute Gasteiger partial charge is 0.379 e. The number of nitrogens with one attached hydrogen (secondary N) is 1.